The Bertz CT molecular complexity index is 384. The lowest BCUT2D eigenvalue weighted by atomic mass is 10.1. The monoisotopic (exact) mass is 299 g/mol. The number of aliphatic hydroxyl groups excluding tert-OH is 1. The van der Waals surface area contributed by atoms with Crippen molar-refractivity contribution in [1.29, 1.82) is 0 Å². The lowest BCUT2D eigenvalue weighted by molar-refractivity contribution is 0.131. The van der Waals surface area contributed by atoms with Crippen molar-refractivity contribution in [2.45, 2.75) is 31.9 Å². The SMILES string of the molecule is Oc1c(Br)cccc1CNCC1CCCC1O. The summed E-state index contributed by atoms with van der Waals surface area (Å²) in [5.74, 6) is 0.663. The first kappa shape index (κ1) is 12.9. The van der Waals surface area contributed by atoms with Gasteiger partial charge in [0.1, 0.15) is 5.75 Å². The zero-order valence-electron chi connectivity index (χ0n) is 9.69. The first-order chi connectivity index (χ1) is 8.18. The van der Waals surface area contributed by atoms with E-state index in [1.807, 2.05) is 18.2 Å². The molecule has 1 aliphatic rings. The van der Waals surface area contributed by atoms with Crippen LogP contribution in [0.4, 0.5) is 0 Å². The third-order valence-corrected chi connectivity index (χ3v) is 4.05. The van der Waals surface area contributed by atoms with Crippen molar-refractivity contribution in [1.82, 2.24) is 5.32 Å². The molecule has 3 nitrogen and oxygen atoms in total. The number of phenolic OH excluding ortho intramolecular Hbond substituents is 1. The number of halogens is 1. The summed E-state index contributed by atoms with van der Waals surface area (Å²) in [6.07, 6.45) is 2.99. The smallest absolute Gasteiger partial charge is 0.134 e. The van der Waals surface area contributed by atoms with Crippen molar-refractivity contribution in [3.8, 4) is 5.75 Å². The lowest BCUT2D eigenvalue weighted by Gasteiger charge is -2.15. The summed E-state index contributed by atoms with van der Waals surface area (Å²) in [5.41, 5.74) is 0.881. The first-order valence-corrected chi connectivity index (χ1v) is 6.83. The molecule has 2 rings (SSSR count). The Morgan fingerprint density at radius 3 is 2.88 bits per heavy atom. The van der Waals surface area contributed by atoms with Gasteiger partial charge in [-0.3, -0.25) is 0 Å². The Balaban J connectivity index is 1.84. The predicted octanol–water partition coefficient (Wildman–Crippen LogP) is 2.41. The van der Waals surface area contributed by atoms with Gasteiger partial charge in [0.25, 0.3) is 0 Å². The fourth-order valence-electron chi connectivity index (χ4n) is 2.35. The Hall–Kier alpha value is -0.580. The molecule has 1 aromatic rings. The number of nitrogens with one attached hydrogen (secondary N) is 1. The maximum absolute atomic E-state index is 9.81. The van der Waals surface area contributed by atoms with Crippen LogP contribution in [-0.2, 0) is 6.54 Å². The highest BCUT2D eigenvalue weighted by Crippen LogP contribution is 2.28. The largest absolute Gasteiger partial charge is 0.506 e. The molecule has 1 aliphatic carbocycles. The van der Waals surface area contributed by atoms with Crippen LogP contribution in [0.5, 0.6) is 5.75 Å². The molecule has 1 aromatic carbocycles. The van der Waals surface area contributed by atoms with Crippen LogP contribution in [0, 0.1) is 5.92 Å². The molecule has 94 valence electrons. The summed E-state index contributed by atoms with van der Waals surface area (Å²) in [5, 5.41) is 22.8. The van der Waals surface area contributed by atoms with Crippen LogP contribution in [0.15, 0.2) is 22.7 Å². The van der Waals surface area contributed by atoms with Gasteiger partial charge in [0.15, 0.2) is 0 Å². The average Bonchev–Trinajstić information content (AvgIpc) is 2.71. The van der Waals surface area contributed by atoms with E-state index in [0.717, 1.165) is 35.8 Å². The van der Waals surface area contributed by atoms with Crippen LogP contribution in [-0.4, -0.2) is 22.9 Å². The van der Waals surface area contributed by atoms with Crippen LogP contribution in [0.25, 0.3) is 0 Å². The van der Waals surface area contributed by atoms with Crippen molar-refractivity contribution in [2.75, 3.05) is 6.54 Å². The predicted molar refractivity (Wildman–Crippen MR) is 70.9 cm³/mol. The molecule has 0 bridgehead atoms. The molecule has 1 saturated carbocycles. The van der Waals surface area contributed by atoms with Gasteiger partial charge in [0.05, 0.1) is 10.6 Å². The highest BCUT2D eigenvalue weighted by atomic mass is 79.9. The van der Waals surface area contributed by atoms with Crippen molar-refractivity contribution in [2.24, 2.45) is 5.92 Å². The van der Waals surface area contributed by atoms with Crippen LogP contribution in [0.2, 0.25) is 0 Å². The second kappa shape index (κ2) is 5.85. The molecule has 0 amide bonds. The molecule has 0 saturated heterocycles. The van der Waals surface area contributed by atoms with Gasteiger partial charge in [-0.1, -0.05) is 18.6 Å². The molecule has 17 heavy (non-hydrogen) atoms. The van der Waals surface area contributed by atoms with E-state index in [1.54, 1.807) is 0 Å². The molecule has 2 atom stereocenters. The van der Waals surface area contributed by atoms with Gasteiger partial charge in [-0.25, -0.2) is 0 Å². The number of phenols is 1. The molecular formula is C13H18BrNO2. The first-order valence-electron chi connectivity index (χ1n) is 6.03. The third-order valence-electron chi connectivity index (χ3n) is 3.41. The average molecular weight is 300 g/mol. The zero-order valence-corrected chi connectivity index (χ0v) is 11.3. The molecule has 1 fully saturated rings. The van der Waals surface area contributed by atoms with Crippen molar-refractivity contribution >= 4 is 15.9 Å². The number of benzene rings is 1. The minimum absolute atomic E-state index is 0.154. The van der Waals surface area contributed by atoms with Gasteiger partial charge in [0, 0.05) is 18.7 Å². The van der Waals surface area contributed by atoms with Crippen molar-refractivity contribution < 1.29 is 10.2 Å². The van der Waals surface area contributed by atoms with Crippen LogP contribution in [0.1, 0.15) is 24.8 Å². The van der Waals surface area contributed by atoms with E-state index < -0.39 is 0 Å². The molecule has 0 spiro atoms. The molecule has 0 aliphatic heterocycles. The standard InChI is InChI=1S/C13H18BrNO2/c14-11-5-1-4-10(13(11)17)8-15-7-9-3-2-6-12(9)16/h1,4-5,9,12,15-17H,2-3,6-8H2. The van der Waals surface area contributed by atoms with Gasteiger partial charge in [-0.2, -0.15) is 0 Å². The van der Waals surface area contributed by atoms with Crippen LogP contribution < -0.4 is 5.32 Å². The maximum Gasteiger partial charge on any atom is 0.134 e. The summed E-state index contributed by atoms with van der Waals surface area (Å²) >= 11 is 3.30. The van der Waals surface area contributed by atoms with E-state index in [-0.39, 0.29) is 6.10 Å². The number of aromatic hydroxyl groups is 1. The van der Waals surface area contributed by atoms with E-state index in [4.69, 9.17) is 0 Å². The summed E-state index contributed by atoms with van der Waals surface area (Å²) in [4.78, 5) is 0. The van der Waals surface area contributed by atoms with E-state index in [9.17, 15) is 10.2 Å². The van der Waals surface area contributed by atoms with Crippen LogP contribution in [0.3, 0.4) is 0 Å². The number of hydrogen-bond donors (Lipinski definition) is 3. The van der Waals surface area contributed by atoms with Crippen LogP contribution >= 0.6 is 15.9 Å². The Morgan fingerprint density at radius 2 is 2.18 bits per heavy atom. The number of para-hydroxylation sites is 1. The molecular weight excluding hydrogens is 282 g/mol. The van der Waals surface area contributed by atoms with E-state index in [0.29, 0.717) is 18.2 Å². The van der Waals surface area contributed by atoms with Gasteiger partial charge >= 0.3 is 0 Å². The van der Waals surface area contributed by atoms with Gasteiger partial charge < -0.3 is 15.5 Å². The third kappa shape index (κ3) is 3.21. The summed E-state index contributed by atoms with van der Waals surface area (Å²) in [6, 6.07) is 5.63. The Morgan fingerprint density at radius 1 is 1.35 bits per heavy atom. The normalized spacial score (nSPS) is 24.1. The second-order valence-electron chi connectivity index (χ2n) is 4.64. The quantitative estimate of drug-likeness (QED) is 0.800. The van der Waals surface area contributed by atoms with Gasteiger partial charge in [-0.05, 0) is 40.8 Å². The summed E-state index contributed by atoms with van der Waals surface area (Å²) < 4.78 is 0.720. The lowest BCUT2D eigenvalue weighted by Crippen LogP contribution is -2.27. The summed E-state index contributed by atoms with van der Waals surface area (Å²) in [7, 11) is 0. The van der Waals surface area contributed by atoms with Crippen molar-refractivity contribution in [3.63, 3.8) is 0 Å². The van der Waals surface area contributed by atoms with Gasteiger partial charge in [0.2, 0.25) is 0 Å². The second-order valence-corrected chi connectivity index (χ2v) is 5.49. The Kier molecular flexibility index (Phi) is 4.42. The zero-order chi connectivity index (χ0) is 12.3. The molecule has 0 radical (unpaired) electrons. The van der Waals surface area contributed by atoms with Gasteiger partial charge in [-0.15, -0.1) is 0 Å². The minimum Gasteiger partial charge on any atom is -0.506 e. The number of aliphatic hydroxyl groups is 1. The summed E-state index contributed by atoms with van der Waals surface area (Å²) in [6.45, 7) is 1.45. The molecule has 0 heterocycles. The molecule has 3 N–H and O–H groups in total. The molecule has 2 unspecified atom stereocenters. The Labute approximate surface area is 110 Å². The highest BCUT2D eigenvalue weighted by Gasteiger charge is 2.24. The van der Waals surface area contributed by atoms with E-state index >= 15 is 0 Å². The van der Waals surface area contributed by atoms with Crippen molar-refractivity contribution in [3.05, 3.63) is 28.2 Å². The van der Waals surface area contributed by atoms with E-state index in [1.165, 1.54) is 0 Å². The molecule has 0 aromatic heterocycles. The number of rotatable bonds is 4. The minimum atomic E-state index is -0.154. The maximum atomic E-state index is 9.81. The topological polar surface area (TPSA) is 52.5 Å². The number of hydrogen-bond acceptors (Lipinski definition) is 3. The highest BCUT2D eigenvalue weighted by molar-refractivity contribution is 9.10. The fourth-order valence-corrected chi connectivity index (χ4v) is 2.76. The van der Waals surface area contributed by atoms with E-state index in [2.05, 4.69) is 21.2 Å². The molecule has 4 heteroatoms. The fraction of sp³-hybridized carbons (Fsp3) is 0.538.